The third-order valence-electron chi connectivity index (χ3n) is 2.78. The fraction of sp³-hybridized carbons (Fsp3) is 0.889. The lowest BCUT2D eigenvalue weighted by molar-refractivity contribution is 0.0418. The van der Waals surface area contributed by atoms with Crippen molar-refractivity contribution < 1.29 is 20.1 Å². The van der Waals surface area contributed by atoms with Crippen LogP contribution < -0.4 is 0 Å². The molecule has 1 heterocycles. The highest BCUT2D eigenvalue weighted by molar-refractivity contribution is 5.64. The molecule has 1 amide bonds. The molecule has 5 heteroatoms. The Balaban J connectivity index is 2.31. The van der Waals surface area contributed by atoms with Gasteiger partial charge in [0.1, 0.15) is 0 Å². The summed E-state index contributed by atoms with van der Waals surface area (Å²) in [7, 11) is 0. The molecular weight excluding hydrogens is 186 g/mol. The van der Waals surface area contributed by atoms with Gasteiger partial charge in [-0.1, -0.05) is 0 Å². The molecule has 82 valence electrons. The van der Waals surface area contributed by atoms with Crippen LogP contribution in [0.4, 0.5) is 4.79 Å². The molecule has 5 nitrogen and oxygen atoms in total. The Labute approximate surface area is 83.0 Å². The van der Waals surface area contributed by atoms with Crippen molar-refractivity contribution in [1.82, 2.24) is 4.90 Å². The first kappa shape index (κ1) is 11.3. The first-order chi connectivity index (χ1) is 6.65. The minimum absolute atomic E-state index is 0.0136. The number of hydrogen-bond acceptors (Lipinski definition) is 3. The average Bonchev–Trinajstić information content (AvgIpc) is 2.18. The quantitative estimate of drug-likeness (QED) is 0.608. The highest BCUT2D eigenvalue weighted by atomic mass is 16.4. The number of piperidine rings is 1. The molecule has 1 aliphatic heterocycles. The lowest BCUT2D eigenvalue weighted by Crippen LogP contribution is -2.40. The predicted molar refractivity (Wildman–Crippen MR) is 50.0 cm³/mol. The van der Waals surface area contributed by atoms with E-state index < -0.39 is 12.2 Å². The molecule has 0 aromatic heterocycles. The van der Waals surface area contributed by atoms with Crippen molar-refractivity contribution in [1.29, 1.82) is 0 Å². The van der Waals surface area contributed by atoms with Crippen LogP contribution in [0.3, 0.4) is 0 Å². The van der Waals surface area contributed by atoms with Gasteiger partial charge in [-0.05, 0) is 25.2 Å². The summed E-state index contributed by atoms with van der Waals surface area (Å²) in [5.74, 6) is 0.137. The Morgan fingerprint density at radius 3 is 2.43 bits per heavy atom. The standard InChI is InChI=1S/C9H17NO4/c11-6-3-8(12)7-1-4-10(5-2-7)9(13)14/h7-8,11-12H,1-6H2,(H,13,14). The van der Waals surface area contributed by atoms with E-state index in [1.807, 2.05) is 0 Å². The number of nitrogens with zero attached hydrogens (tertiary/aromatic N) is 1. The normalized spacial score (nSPS) is 20.9. The van der Waals surface area contributed by atoms with Crippen LogP contribution in [0.5, 0.6) is 0 Å². The summed E-state index contributed by atoms with van der Waals surface area (Å²) < 4.78 is 0. The summed E-state index contributed by atoms with van der Waals surface area (Å²) in [4.78, 5) is 11.9. The van der Waals surface area contributed by atoms with Crippen LogP contribution in [0.1, 0.15) is 19.3 Å². The molecule has 0 aromatic carbocycles. The number of likely N-dealkylation sites (tertiary alicyclic amines) is 1. The van der Waals surface area contributed by atoms with Gasteiger partial charge in [-0.25, -0.2) is 4.79 Å². The van der Waals surface area contributed by atoms with Crippen molar-refractivity contribution in [3.05, 3.63) is 0 Å². The van der Waals surface area contributed by atoms with E-state index >= 15 is 0 Å². The average molecular weight is 203 g/mol. The van der Waals surface area contributed by atoms with Gasteiger partial charge in [0.2, 0.25) is 0 Å². The molecular formula is C9H17NO4. The van der Waals surface area contributed by atoms with Crippen LogP contribution >= 0.6 is 0 Å². The lowest BCUT2D eigenvalue weighted by atomic mass is 9.90. The Hall–Kier alpha value is -0.810. The first-order valence-corrected chi connectivity index (χ1v) is 4.92. The largest absolute Gasteiger partial charge is 0.465 e. The fourth-order valence-electron chi connectivity index (χ4n) is 1.84. The number of aliphatic hydroxyl groups is 2. The van der Waals surface area contributed by atoms with E-state index in [1.54, 1.807) is 0 Å². The van der Waals surface area contributed by atoms with Crippen LogP contribution in [0, 0.1) is 5.92 Å². The van der Waals surface area contributed by atoms with Gasteiger partial charge in [0.15, 0.2) is 0 Å². The van der Waals surface area contributed by atoms with Crippen molar-refractivity contribution in [2.45, 2.75) is 25.4 Å². The Bertz CT molecular complexity index is 189. The Kier molecular flexibility index (Phi) is 4.16. The number of hydrogen-bond donors (Lipinski definition) is 3. The summed E-state index contributed by atoms with van der Waals surface area (Å²) >= 11 is 0. The van der Waals surface area contributed by atoms with Gasteiger partial charge >= 0.3 is 6.09 Å². The van der Waals surface area contributed by atoms with E-state index in [9.17, 15) is 9.90 Å². The van der Waals surface area contributed by atoms with Crippen LogP contribution in [0.2, 0.25) is 0 Å². The van der Waals surface area contributed by atoms with Crippen molar-refractivity contribution in [3.8, 4) is 0 Å². The molecule has 1 fully saturated rings. The molecule has 1 atom stereocenters. The van der Waals surface area contributed by atoms with E-state index in [0.29, 0.717) is 32.4 Å². The lowest BCUT2D eigenvalue weighted by Gasteiger charge is -2.32. The second-order valence-corrected chi connectivity index (χ2v) is 3.69. The predicted octanol–water partition coefficient (Wildman–Crippen LogP) is 0.120. The topological polar surface area (TPSA) is 81.0 Å². The summed E-state index contributed by atoms with van der Waals surface area (Å²) in [5, 5.41) is 26.9. The SMILES string of the molecule is O=C(O)N1CCC(C(O)CCO)CC1. The van der Waals surface area contributed by atoms with Gasteiger partial charge in [-0.3, -0.25) is 0 Å². The van der Waals surface area contributed by atoms with Gasteiger partial charge in [0.25, 0.3) is 0 Å². The molecule has 0 saturated carbocycles. The fourth-order valence-corrected chi connectivity index (χ4v) is 1.84. The number of rotatable bonds is 3. The Morgan fingerprint density at radius 1 is 1.43 bits per heavy atom. The smallest absolute Gasteiger partial charge is 0.407 e. The van der Waals surface area contributed by atoms with Crippen LogP contribution in [-0.2, 0) is 0 Å². The van der Waals surface area contributed by atoms with Crippen molar-refractivity contribution in [3.63, 3.8) is 0 Å². The zero-order chi connectivity index (χ0) is 10.6. The zero-order valence-electron chi connectivity index (χ0n) is 8.09. The van der Waals surface area contributed by atoms with Crippen LogP contribution in [0.25, 0.3) is 0 Å². The molecule has 1 saturated heterocycles. The third kappa shape index (κ3) is 2.85. The maximum atomic E-state index is 10.6. The monoisotopic (exact) mass is 203 g/mol. The molecule has 3 N–H and O–H groups in total. The minimum atomic E-state index is -0.889. The number of amides is 1. The minimum Gasteiger partial charge on any atom is -0.465 e. The molecule has 0 aromatic rings. The maximum absolute atomic E-state index is 10.6. The van der Waals surface area contributed by atoms with E-state index in [4.69, 9.17) is 10.2 Å². The van der Waals surface area contributed by atoms with Crippen molar-refractivity contribution in [2.24, 2.45) is 5.92 Å². The summed E-state index contributed by atoms with van der Waals surface area (Å²) in [6.45, 7) is 0.964. The molecule has 1 rings (SSSR count). The van der Waals surface area contributed by atoms with Gasteiger partial charge < -0.3 is 20.2 Å². The number of aliphatic hydroxyl groups excluding tert-OH is 2. The molecule has 1 aliphatic rings. The van der Waals surface area contributed by atoms with Crippen LogP contribution in [0.15, 0.2) is 0 Å². The van der Waals surface area contributed by atoms with Crippen molar-refractivity contribution in [2.75, 3.05) is 19.7 Å². The third-order valence-corrected chi connectivity index (χ3v) is 2.78. The molecule has 0 radical (unpaired) electrons. The van der Waals surface area contributed by atoms with Crippen LogP contribution in [-0.4, -0.2) is 52.1 Å². The van der Waals surface area contributed by atoms with E-state index in [-0.39, 0.29) is 12.5 Å². The second-order valence-electron chi connectivity index (χ2n) is 3.69. The summed E-state index contributed by atoms with van der Waals surface area (Å²) in [6.07, 6.45) is 0.384. The highest BCUT2D eigenvalue weighted by Crippen LogP contribution is 2.22. The number of carboxylic acid groups (broad SMARTS) is 1. The molecule has 0 aliphatic carbocycles. The molecule has 14 heavy (non-hydrogen) atoms. The molecule has 0 spiro atoms. The van der Waals surface area contributed by atoms with Gasteiger partial charge in [-0.15, -0.1) is 0 Å². The summed E-state index contributed by atoms with van der Waals surface area (Å²) in [5.41, 5.74) is 0. The number of carbonyl (C=O) groups is 1. The molecule has 0 bridgehead atoms. The zero-order valence-corrected chi connectivity index (χ0v) is 8.09. The summed E-state index contributed by atoms with van der Waals surface area (Å²) in [6, 6.07) is 0. The van der Waals surface area contributed by atoms with Gasteiger partial charge in [-0.2, -0.15) is 0 Å². The Morgan fingerprint density at radius 2 is 2.00 bits per heavy atom. The highest BCUT2D eigenvalue weighted by Gasteiger charge is 2.26. The molecule has 1 unspecified atom stereocenters. The van der Waals surface area contributed by atoms with Gasteiger partial charge in [0, 0.05) is 19.7 Å². The van der Waals surface area contributed by atoms with E-state index in [0.717, 1.165) is 0 Å². The second kappa shape index (κ2) is 5.17. The first-order valence-electron chi connectivity index (χ1n) is 4.92. The van der Waals surface area contributed by atoms with E-state index in [2.05, 4.69) is 0 Å². The van der Waals surface area contributed by atoms with Gasteiger partial charge in [0.05, 0.1) is 6.10 Å². The van der Waals surface area contributed by atoms with Crippen molar-refractivity contribution >= 4 is 6.09 Å². The maximum Gasteiger partial charge on any atom is 0.407 e. The van der Waals surface area contributed by atoms with E-state index in [1.165, 1.54) is 4.90 Å².